The second-order valence-corrected chi connectivity index (χ2v) is 7.17. The molecule has 0 spiro atoms. The van der Waals surface area contributed by atoms with Crippen LogP contribution in [0.4, 0.5) is 8.78 Å². The number of hydrogen-bond donors (Lipinski definition) is 1. The van der Waals surface area contributed by atoms with Gasteiger partial charge in [0.1, 0.15) is 22.4 Å². The Labute approximate surface area is 141 Å². The summed E-state index contributed by atoms with van der Waals surface area (Å²) >= 11 is 1.24. The van der Waals surface area contributed by atoms with Crippen molar-refractivity contribution in [3.8, 4) is 11.1 Å². The highest BCUT2D eigenvalue weighted by Gasteiger charge is 2.63. The standard InChI is InChI=1S/C18H14F2N2OS/c1-9-3-2-4-11(19)15(9)10-5-6-12-13(7-10)24-17(22-12)18(16(21)23)8-14(18)20/h2-7,14H,8H2,1H3,(H2,21,23)/t14-,18+/m0/s1. The third-order valence-electron chi connectivity index (χ3n) is 4.60. The Kier molecular flexibility index (Phi) is 3.22. The highest BCUT2D eigenvalue weighted by atomic mass is 32.1. The van der Waals surface area contributed by atoms with Crippen LogP contribution in [0.15, 0.2) is 36.4 Å². The number of aryl methyl sites for hydroxylation is 1. The number of primary amides is 1. The summed E-state index contributed by atoms with van der Waals surface area (Å²) in [6.07, 6.45) is -1.19. The zero-order valence-electron chi connectivity index (χ0n) is 12.8. The Bertz CT molecular complexity index is 964. The first kappa shape index (κ1) is 15.2. The lowest BCUT2D eigenvalue weighted by Gasteiger charge is -2.07. The first-order valence-electron chi connectivity index (χ1n) is 7.54. The van der Waals surface area contributed by atoms with Gasteiger partial charge in [-0.1, -0.05) is 18.2 Å². The summed E-state index contributed by atoms with van der Waals surface area (Å²) in [5.74, 6) is -0.974. The maximum absolute atomic E-state index is 14.2. The molecule has 1 fully saturated rings. The fourth-order valence-corrected chi connectivity index (χ4v) is 4.32. The van der Waals surface area contributed by atoms with E-state index in [-0.39, 0.29) is 12.2 Å². The summed E-state index contributed by atoms with van der Waals surface area (Å²) < 4.78 is 28.7. The van der Waals surface area contributed by atoms with Crippen molar-refractivity contribution in [3.63, 3.8) is 0 Å². The fourth-order valence-electron chi connectivity index (χ4n) is 3.07. The monoisotopic (exact) mass is 344 g/mol. The number of benzene rings is 2. The number of nitrogens with zero attached hydrogens (tertiary/aromatic N) is 1. The molecule has 0 bridgehead atoms. The fraction of sp³-hybridized carbons (Fsp3) is 0.222. The normalized spacial score (nSPS) is 22.7. The minimum absolute atomic E-state index is 0.0848. The number of carbonyl (C=O) groups excluding carboxylic acids is 1. The van der Waals surface area contributed by atoms with Crippen LogP contribution in [-0.4, -0.2) is 17.1 Å². The average molecular weight is 344 g/mol. The summed E-state index contributed by atoms with van der Waals surface area (Å²) in [5, 5.41) is 0.403. The van der Waals surface area contributed by atoms with Gasteiger partial charge in [0.2, 0.25) is 5.91 Å². The van der Waals surface area contributed by atoms with E-state index in [9.17, 15) is 13.6 Å². The molecule has 0 radical (unpaired) electrons. The van der Waals surface area contributed by atoms with E-state index < -0.39 is 17.5 Å². The Balaban J connectivity index is 1.85. The van der Waals surface area contributed by atoms with Gasteiger partial charge in [-0.25, -0.2) is 13.8 Å². The lowest BCUT2D eigenvalue weighted by Crippen LogP contribution is -2.30. The molecule has 1 aromatic heterocycles. The molecule has 3 nitrogen and oxygen atoms in total. The third-order valence-corrected chi connectivity index (χ3v) is 5.79. The van der Waals surface area contributed by atoms with E-state index in [4.69, 9.17) is 5.73 Å². The summed E-state index contributed by atoms with van der Waals surface area (Å²) in [7, 11) is 0. The van der Waals surface area contributed by atoms with Gasteiger partial charge in [-0.15, -0.1) is 11.3 Å². The number of amides is 1. The zero-order valence-corrected chi connectivity index (χ0v) is 13.7. The molecule has 1 aliphatic carbocycles. The van der Waals surface area contributed by atoms with E-state index in [1.807, 2.05) is 19.1 Å². The summed E-state index contributed by atoms with van der Waals surface area (Å²) in [6.45, 7) is 1.85. The molecular weight excluding hydrogens is 330 g/mol. The van der Waals surface area contributed by atoms with Gasteiger partial charge in [0.05, 0.1) is 10.2 Å². The van der Waals surface area contributed by atoms with Gasteiger partial charge >= 0.3 is 0 Å². The molecule has 122 valence electrons. The van der Waals surface area contributed by atoms with Gasteiger partial charge < -0.3 is 5.73 Å². The molecule has 0 aliphatic heterocycles. The molecule has 2 N–H and O–H groups in total. The molecule has 0 saturated heterocycles. The predicted octanol–water partition coefficient (Wildman–Crippen LogP) is 3.88. The molecule has 3 aromatic rings. The number of thiazole rings is 1. The predicted molar refractivity (Wildman–Crippen MR) is 90.1 cm³/mol. The van der Waals surface area contributed by atoms with E-state index in [0.717, 1.165) is 15.8 Å². The van der Waals surface area contributed by atoms with E-state index in [1.54, 1.807) is 18.2 Å². The van der Waals surface area contributed by atoms with E-state index >= 15 is 0 Å². The Morgan fingerprint density at radius 2 is 2.12 bits per heavy atom. The van der Waals surface area contributed by atoms with Crippen LogP contribution in [-0.2, 0) is 10.2 Å². The smallest absolute Gasteiger partial charge is 0.233 e. The van der Waals surface area contributed by atoms with Crippen LogP contribution in [0.3, 0.4) is 0 Å². The number of hydrogen-bond acceptors (Lipinski definition) is 3. The lowest BCUT2D eigenvalue weighted by molar-refractivity contribution is -0.120. The number of nitrogens with two attached hydrogens (primary N) is 1. The van der Waals surface area contributed by atoms with Crippen LogP contribution in [0.5, 0.6) is 0 Å². The number of rotatable bonds is 3. The van der Waals surface area contributed by atoms with E-state index in [2.05, 4.69) is 4.98 Å². The molecule has 1 heterocycles. The minimum Gasteiger partial charge on any atom is -0.369 e. The number of halogens is 2. The largest absolute Gasteiger partial charge is 0.369 e. The Morgan fingerprint density at radius 3 is 2.75 bits per heavy atom. The summed E-state index contributed by atoms with van der Waals surface area (Å²) in [6, 6.07) is 10.3. The van der Waals surface area contributed by atoms with Crippen molar-refractivity contribution in [3.05, 3.63) is 52.8 Å². The zero-order chi connectivity index (χ0) is 17.1. The van der Waals surface area contributed by atoms with Gasteiger partial charge in [-0.05, 0) is 36.2 Å². The first-order valence-corrected chi connectivity index (χ1v) is 8.35. The van der Waals surface area contributed by atoms with Crippen LogP contribution in [0.1, 0.15) is 17.0 Å². The van der Waals surface area contributed by atoms with Crippen molar-refractivity contribution in [2.45, 2.75) is 24.9 Å². The second-order valence-electron chi connectivity index (χ2n) is 6.14. The topological polar surface area (TPSA) is 56.0 Å². The van der Waals surface area contributed by atoms with E-state index in [0.29, 0.717) is 16.1 Å². The van der Waals surface area contributed by atoms with Crippen molar-refractivity contribution < 1.29 is 13.6 Å². The lowest BCUT2D eigenvalue weighted by atomic mass is 10.00. The summed E-state index contributed by atoms with van der Waals surface area (Å²) in [4.78, 5) is 16.0. The number of aromatic nitrogens is 1. The molecule has 1 aliphatic rings. The molecule has 0 unspecified atom stereocenters. The minimum atomic E-state index is -1.28. The molecule has 2 atom stereocenters. The summed E-state index contributed by atoms with van der Waals surface area (Å²) in [5.41, 5.74) is 6.85. The van der Waals surface area contributed by atoms with E-state index in [1.165, 1.54) is 17.4 Å². The number of alkyl halides is 1. The third kappa shape index (κ3) is 2.06. The van der Waals surface area contributed by atoms with Gasteiger partial charge in [-0.2, -0.15) is 0 Å². The van der Waals surface area contributed by atoms with Crippen molar-refractivity contribution >= 4 is 27.5 Å². The van der Waals surface area contributed by atoms with Gasteiger partial charge in [0, 0.05) is 12.0 Å². The number of fused-ring (bicyclic) bond motifs is 1. The molecule has 6 heteroatoms. The van der Waals surface area contributed by atoms with Crippen LogP contribution >= 0.6 is 11.3 Å². The van der Waals surface area contributed by atoms with Crippen LogP contribution in [0.25, 0.3) is 21.3 Å². The van der Waals surface area contributed by atoms with Crippen LogP contribution < -0.4 is 5.73 Å². The second kappa shape index (κ2) is 5.08. The quantitative estimate of drug-likeness (QED) is 0.784. The number of carbonyl (C=O) groups is 1. The maximum Gasteiger partial charge on any atom is 0.233 e. The Hall–Kier alpha value is -2.34. The van der Waals surface area contributed by atoms with Crippen molar-refractivity contribution in [2.75, 3.05) is 0 Å². The van der Waals surface area contributed by atoms with Crippen molar-refractivity contribution in [2.24, 2.45) is 5.73 Å². The maximum atomic E-state index is 14.2. The molecule has 1 amide bonds. The van der Waals surface area contributed by atoms with Gasteiger partial charge in [0.25, 0.3) is 0 Å². The highest BCUT2D eigenvalue weighted by Crippen LogP contribution is 2.52. The Morgan fingerprint density at radius 1 is 1.38 bits per heavy atom. The molecule has 1 saturated carbocycles. The molecular formula is C18H14F2N2OS. The average Bonchev–Trinajstić information content (AvgIpc) is 3.03. The van der Waals surface area contributed by atoms with Crippen LogP contribution in [0, 0.1) is 12.7 Å². The molecule has 4 rings (SSSR count). The van der Waals surface area contributed by atoms with Crippen molar-refractivity contribution in [1.82, 2.24) is 4.98 Å². The van der Waals surface area contributed by atoms with Gasteiger partial charge in [-0.3, -0.25) is 4.79 Å². The van der Waals surface area contributed by atoms with Crippen molar-refractivity contribution in [1.29, 1.82) is 0 Å². The SMILES string of the molecule is Cc1cccc(F)c1-c1ccc2nc([C@]3(C(N)=O)C[C@@H]3F)sc2c1. The molecule has 2 aromatic carbocycles. The van der Waals surface area contributed by atoms with Gasteiger partial charge in [0.15, 0.2) is 0 Å². The molecule has 24 heavy (non-hydrogen) atoms. The van der Waals surface area contributed by atoms with Crippen LogP contribution in [0.2, 0.25) is 0 Å². The highest BCUT2D eigenvalue weighted by molar-refractivity contribution is 7.18. The first-order chi connectivity index (χ1) is 11.4.